The third-order valence-corrected chi connectivity index (χ3v) is 3.50. The van der Waals surface area contributed by atoms with Crippen molar-refractivity contribution in [3.63, 3.8) is 0 Å². The third kappa shape index (κ3) is 1.10. The van der Waals surface area contributed by atoms with E-state index in [1.165, 1.54) is 12.8 Å². The van der Waals surface area contributed by atoms with E-state index in [1.54, 1.807) is 0 Å². The van der Waals surface area contributed by atoms with E-state index in [0.717, 1.165) is 31.0 Å². The average molecular weight is 192 g/mol. The first-order valence-corrected chi connectivity index (χ1v) is 5.39. The molecule has 0 amide bonds. The topological polar surface area (TPSA) is 56.7 Å². The zero-order chi connectivity index (χ0) is 9.76. The summed E-state index contributed by atoms with van der Waals surface area (Å²) < 4.78 is 2.05. The van der Waals surface area contributed by atoms with E-state index in [4.69, 9.17) is 5.73 Å². The number of hydrogen-bond acceptors (Lipinski definition) is 3. The van der Waals surface area contributed by atoms with Crippen molar-refractivity contribution in [1.29, 1.82) is 0 Å². The molecule has 1 atom stereocenters. The van der Waals surface area contributed by atoms with Gasteiger partial charge >= 0.3 is 0 Å². The normalized spacial score (nSPS) is 28.6. The van der Waals surface area contributed by atoms with Crippen molar-refractivity contribution < 1.29 is 0 Å². The van der Waals surface area contributed by atoms with Gasteiger partial charge in [-0.1, -0.05) is 0 Å². The van der Waals surface area contributed by atoms with Gasteiger partial charge in [0.25, 0.3) is 0 Å². The first-order chi connectivity index (χ1) is 6.69. The molecule has 0 aromatic carbocycles. The monoisotopic (exact) mass is 192 g/mol. The Balaban J connectivity index is 2.02. The average Bonchev–Trinajstić information content (AvgIpc) is 2.78. The van der Waals surface area contributed by atoms with Crippen molar-refractivity contribution >= 4 is 0 Å². The standard InChI is InChI=1S/C10H16N4/c1-7-12-9-8(10(11)4-5-10)3-2-6-14(9)13-7/h8H,2-6,11H2,1H3. The van der Waals surface area contributed by atoms with Crippen molar-refractivity contribution in [3.8, 4) is 0 Å². The van der Waals surface area contributed by atoms with Crippen LogP contribution in [0.3, 0.4) is 0 Å². The van der Waals surface area contributed by atoms with Gasteiger partial charge in [0.2, 0.25) is 0 Å². The van der Waals surface area contributed by atoms with Crippen LogP contribution in [0.2, 0.25) is 0 Å². The summed E-state index contributed by atoms with van der Waals surface area (Å²) >= 11 is 0. The molecule has 1 unspecified atom stereocenters. The summed E-state index contributed by atoms with van der Waals surface area (Å²) in [6, 6.07) is 0. The van der Waals surface area contributed by atoms with Gasteiger partial charge in [0.15, 0.2) is 0 Å². The van der Waals surface area contributed by atoms with Crippen molar-refractivity contribution in [2.24, 2.45) is 5.73 Å². The van der Waals surface area contributed by atoms with Crippen LogP contribution in [-0.2, 0) is 6.54 Å². The minimum absolute atomic E-state index is 0.0532. The number of hydrogen-bond donors (Lipinski definition) is 1. The summed E-state index contributed by atoms with van der Waals surface area (Å²) in [5.74, 6) is 2.47. The molecule has 0 spiro atoms. The molecular weight excluding hydrogens is 176 g/mol. The molecule has 76 valence electrons. The van der Waals surface area contributed by atoms with Crippen LogP contribution in [-0.4, -0.2) is 20.3 Å². The van der Waals surface area contributed by atoms with Crippen molar-refractivity contribution in [3.05, 3.63) is 11.6 Å². The zero-order valence-electron chi connectivity index (χ0n) is 8.53. The maximum absolute atomic E-state index is 6.26. The van der Waals surface area contributed by atoms with Crippen LogP contribution in [0.25, 0.3) is 0 Å². The maximum Gasteiger partial charge on any atom is 0.147 e. The van der Waals surface area contributed by atoms with E-state index in [0.29, 0.717) is 5.92 Å². The first kappa shape index (κ1) is 8.41. The van der Waals surface area contributed by atoms with E-state index >= 15 is 0 Å². The van der Waals surface area contributed by atoms with Gasteiger partial charge in [0.1, 0.15) is 11.6 Å². The van der Waals surface area contributed by atoms with Crippen molar-refractivity contribution in [2.75, 3.05) is 0 Å². The fourth-order valence-electron chi connectivity index (χ4n) is 2.51. The quantitative estimate of drug-likeness (QED) is 0.721. The largest absolute Gasteiger partial charge is 0.324 e. The highest BCUT2D eigenvalue weighted by atomic mass is 15.4. The van der Waals surface area contributed by atoms with Crippen LogP contribution in [0.1, 0.15) is 43.3 Å². The molecule has 4 nitrogen and oxygen atoms in total. The van der Waals surface area contributed by atoms with Crippen LogP contribution < -0.4 is 5.73 Å². The maximum atomic E-state index is 6.26. The molecule has 3 rings (SSSR count). The van der Waals surface area contributed by atoms with E-state index < -0.39 is 0 Å². The molecule has 0 bridgehead atoms. The Morgan fingerprint density at radius 3 is 3.00 bits per heavy atom. The number of nitrogens with zero attached hydrogens (tertiary/aromatic N) is 3. The Morgan fingerprint density at radius 2 is 2.29 bits per heavy atom. The van der Waals surface area contributed by atoms with Crippen molar-refractivity contribution in [1.82, 2.24) is 14.8 Å². The number of fused-ring (bicyclic) bond motifs is 1. The van der Waals surface area contributed by atoms with E-state index in [-0.39, 0.29) is 5.54 Å². The summed E-state index contributed by atoms with van der Waals surface area (Å²) in [5, 5.41) is 4.39. The molecule has 4 heteroatoms. The molecule has 14 heavy (non-hydrogen) atoms. The van der Waals surface area contributed by atoms with Crippen LogP contribution in [0.5, 0.6) is 0 Å². The highest BCUT2D eigenvalue weighted by Crippen LogP contribution is 2.48. The molecular formula is C10H16N4. The van der Waals surface area contributed by atoms with Gasteiger partial charge in [-0.3, -0.25) is 0 Å². The summed E-state index contributed by atoms with van der Waals surface area (Å²) in [5.41, 5.74) is 6.32. The summed E-state index contributed by atoms with van der Waals surface area (Å²) in [7, 11) is 0. The minimum atomic E-state index is 0.0532. The molecule has 1 saturated carbocycles. The van der Waals surface area contributed by atoms with E-state index in [1.807, 2.05) is 6.92 Å². The van der Waals surface area contributed by atoms with Gasteiger partial charge in [-0.15, -0.1) is 0 Å². The molecule has 1 aromatic rings. The predicted octanol–water partition coefficient (Wildman–Crippen LogP) is 0.955. The Bertz CT molecular complexity index is 364. The number of aryl methyl sites for hydroxylation is 2. The molecule has 2 heterocycles. The molecule has 2 N–H and O–H groups in total. The van der Waals surface area contributed by atoms with Gasteiger partial charge < -0.3 is 5.73 Å². The van der Waals surface area contributed by atoms with Gasteiger partial charge in [-0.2, -0.15) is 5.10 Å². The number of aromatic nitrogens is 3. The van der Waals surface area contributed by atoms with Gasteiger partial charge in [-0.25, -0.2) is 9.67 Å². The van der Waals surface area contributed by atoms with Gasteiger partial charge in [0.05, 0.1) is 0 Å². The fraction of sp³-hybridized carbons (Fsp3) is 0.800. The lowest BCUT2D eigenvalue weighted by Crippen LogP contribution is -2.35. The second-order valence-corrected chi connectivity index (χ2v) is 4.67. The van der Waals surface area contributed by atoms with Crippen LogP contribution >= 0.6 is 0 Å². The summed E-state index contributed by atoms with van der Waals surface area (Å²) in [4.78, 5) is 4.51. The molecule has 1 aromatic heterocycles. The Hall–Kier alpha value is -0.900. The second kappa shape index (κ2) is 2.57. The molecule has 0 saturated heterocycles. The smallest absolute Gasteiger partial charge is 0.147 e. The first-order valence-electron chi connectivity index (χ1n) is 5.39. The minimum Gasteiger partial charge on any atom is -0.324 e. The lowest BCUT2D eigenvalue weighted by Gasteiger charge is -2.26. The van der Waals surface area contributed by atoms with Gasteiger partial charge in [0, 0.05) is 18.0 Å². The Morgan fingerprint density at radius 1 is 1.50 bits per heavy atom. The summed E-state index contributed by atoms with van der Waals surface area (Å²) in [6.45, 7) is 2.97. The Labute approximate surface area is 83.5 Å². The molecule has 1 aliphatic heterocycles. The molecule has 1 fully saturated rings. The molecule has 2 aliphatic rings. The van der Waals surface area contributed by atoms with E-state index in [2.05, 4.69) is 14.8 Å². The highest BCUT2D eigenvalue weighted by Gasteiger charge is 2.48. The lowest BCUT2D eigenvalue weighted by molar-refractivity contribution is 0.362. The van der Waals surface area contributed by atoms with Crippen LogP contribution in [0, 0.1) is 6.92 Å². The summed E-state index contributed by atoms with van der Waals surface area (Å²) in [6.07, 6.45) is 4.70. The third-order valence-electron chi connectivity index (χ3n) is 3.50. The lowest BCUT2D eigenvalue weighted by atomic mass is 9.90. The van der Waals surface area contributed by atoms with Crippen LogP contribution in [0.4, 0.5) is 0 Å². The predicted molar refractivity (Wildman–Crippen MR) is 52.9 cm³/mol. The van der Waals surface area contributed by atoms with Gasteiger partial charge in [-0.05, 0) is 32.6 Å². The second-order valence-electron chi connectivity index (χ2n) is 4.67. The molecule has 1 aliphatic carbocycles. The highest BCUT2D eigenvalue weighted by molar-refractivity contribution is 5.18. The number of nitrogens with two attached hydrogens (primary N) is 1. The SMILES string of the molecule is Cc1nc2n(n1)CCCC2C1(N)CC1. The number of rotatable bonds is 1. The van der Waals surface area contributed by atoms with Crippen molar-refractivity contribution in [2.45, 2.75) is 50.6 Å². The zero-order valence-corrected chi connectivity index (χ0v) is 8.53. The van der Waals surface area contributed by atoms with Crippen LogP contribution in [0.15, 0.2) is 0 Å². The Kier molecular flexibility index (Phi) is 1.54. The molecule has 0 radical (unpaired) electrons. The fourth-order valence-corrected chi connectivity index (χ4v) is 2.51. The van der Waals surface area contributed by atoms with E-state index in [9.17, 15) is 0 Å².